The first-order chi connectivity index (χ1) is 13.9. The number of benzene rings is 1. The molecule has 6 nitrogen and oxygen atoms in total. The molecule has 1 fully saturated rings. The number of nitrogens with zero attached hydrogens (tertiary/aromatic N) is 1. The molecule has 1 aliphatic heterocycles. The minimum absolute atomic E-state index is 0.0336. The lowest BCUT2D eigenvalue weighted by atomic mass is 10.1. The van der Waals surface area contributed by atoms with Crippen molar-refractivity contribution in [3.8, 4) is 5.75 Å². The zero-order valence-corrected chi connectivity index (χ0v) is 17.8. The number of methoxy groups -OCH3 is 1. The molecular formula is C21H27FN4O2S+2. The van der Waals surface area contributed by atoms with E-state index in [4.69, 9.17) is 9.72 Å². The molecule has 3 heterocycles. The third-order valence-electron chi connectivity index (χ3n) is 5.85. The van der Waals surface area contributed by atoms with E-state index in [1.54, 1.807) is 30.6 Å². The van der Waals surface area contributed by atoms with Crippen LogP contribution in [0.3, 0.4) is 0 Å². The molecule has 0 spiro atoms. The number of aromatic nitrogens is 2. The Bertz CT molecular complexity index is 1090. The van der Waals surface area contributed by atoms with Crippen LogP contribution < -0.4 is 20.1 Å². The monoisotopic (exact) mass is 418 g/mol. The molecule has 2 aromatic heterocycles. The van der Waals surface area contributed by atoms with E-state index < -0.39 is 0 Å². The standard InChI is InChI=1S/C21H25FN4O2S/c1-13-14(2)29-21-19(13)20(27)23-18(24-21)12-26-8-6-25(7-9-26)11-15-10-16(22)4-5-17(15)28-3/h4-5,10H,6-9,11-12H2,1-3H3,(H,23,24,27)/p+2. The molecule has 4 rings (SSSR count). The van der Waals surface area contributed by atoms with Crippen LogP contribution in [0.15, 0.2) is 23.0 Å². The minimum Gasteiger partial charge on any atom is -0.496 e. The van der Waals surface area contributed by atoms with Crippen LogP contribution in [0.25, 0.3) is 10.2 Å². The van der Waals surface area contributed by atoms with Gasteiger partial charge >= 0.3 is 0 Å². The highest BCUT2D eigenvalue weighted by molar-refractivity contribution is 7.18. The van der Waals surface area contributed by atoms with E-state index in [0.717, 1.165) is 77.1 Å². The number of aromatic amines is 1. The number of fused-ring (bicyclic) bond motifs is 1. The van der Waals surface area contributed by atoms with E-state index in [-0.39, 0.29) is 11.4 Å². The smallest absolute Gasteiger partial charge is 0.260 e. The Hall–Kier alpha value is -2.29. The van der Waals surface area contributed by atoms with Gasteiger partial charge in [0.15, 0.2) is 5.82 Å². The number of quaternary nitrogens is 2. The lowest BCUT2D eigenvalue weighted by Gasteiger charge is -2.29. The Morgan fingerprint density at radius 2 is 1.86 bits per heavy atom. The van der Waals surface area contributed by atoms with E-state index in [0.29, 0.717) is 0 Å². The predicted molar refractivity (Wildman–Crippen MR) is 111 cm³/mol. The fourth-order valence-electron chi connectivity index (χ4n) is 4.09. The molecular weight excluding hydrogens is 391 g/mol. The number of ether oxygens (including phenoxy) is 1. The summed E-state index contributed by atoms with van der Waals surface area (Å²) in [6.07, 6.45) is 0. The number of thiophene rings is 1. The van der Waals surface area contributed by atoms with Crippen LogP contribution in [-0.2, 0) is 13.1 Å². The summed E-state index contributed by atoms with van der Waals surface area (Å²) in [4.78, 5) is 25.0. The number of rotatable bonds is 5. The number of piperazine rings is 1. The van der Waals surface area contributed by atoms with Gasteiger partial charge in [0.2, 0.25) is 0 Å². The van der Waals surface area contributed by atoms with Crippen molar-refractivity contribution in [2.75, 3.05) is 33.3 Å². The molecule has 1 aliphatic rings. The van der Waals surface area contributed by atoms with E-state index in [1.165, 1.54) is 15.9 Å². The van der Waals surface area contributed by atoms with Crippen LogP contribution in [0.2, 0.25) is 0 Å². The molecule has 154 valence electrons. The maximum atomic E-state index is 13.6. The largest absolute Gasteiger partial charge is 0.496 e. The maximum absolute atomic E-state index is 13.6. The van der Waals surface area contributed by atoms with Gasteiger partial charge in [-0.15, -0.1) is 11.3 Å². The quantitative estimate of drug-likeness (QED) is 0.556. The van der Waals surface area contributed by atoms with Crippen molar-refractivity contribution in [1.29, 1.82) is 0 Å². The van der Waals surface area contributed by atoms with Crippen molar-refractivity contribution >= 4 is 21.6 Å². The van der Waals surface area contributed by atoms with Crippen molar-refractivity contribution in [2.45, 2.75) is 26.9 Å². The Kier molecular flexibility index (Phi) is 5.67. The number of H-pyrrole nitrogens is 1. The van der Waals surface area contributed by atoms with Gasteiger partial charge in [-0.2, -0.15) is 0 Å². The number of halogens is 1. The molecule has 8 heteroatoms. The van der Waals surface area contributed by atoms with E-state index in [1.807, 2.05) is 13.8 Å². The fraction of sp³-hybridized carbons (Fsp3) is 0.429. The molecule has 0 amide bonds. The Morgan fingerprint density at radius 1 is 1.17 bits per heavy atom. The van der Waals surface area contributed by atoms with Gasteiger partial charge in [-0.05, 0) is 37.6 Å². The Balaban J connectivity index is 1.40. The van der Waals surface area contributed by atoms with Crippen LogP contribution in [0.1, 0.15) is 21.8 Å². The molecule has 0 atom stereocenters. The SMILES string of the molecule is COc1ccc(F)cc1C[NH+]1CC[NH+](Cc2nc3sc(C)c(C)c3c(=O)[nH]2)CC1. The average Bonchev–Trinajstić information content (AvgIpc) is 2.98. The zero-order valence-electron chi connectivity index (χ0n) is 17.0. The number of hydrogen-bond donors (Lipinski definition) is 3. The van der Waals surface area contributed by atoms with Crippen molar-refractivity contribution in [2.24, 2.45) is 0 Å². The van der Waals surface area contributed by atoms with Gasteiger partial charge in [0.1, 0.15) is 55.7 Å². The predicted octanol–water partition coefficient (Wildman–Crippen LogP) is 0.233. The fourth-order valence-corrected chi connectivity index (χ4v) is 5.13. The van der Waals surface area contributed by atoms with Gasteiger partial charge in [0.05, 0.1) is 18.1 Å². The summed E-state index contributed by atoms with van der Waals surface area (Å²) in [5.74, 6) is 1.27. The molecule has 0 bridgehead atoms. The lowest BCUT2D eigenvalue weighted by molar-refractivity contribution is -1.02. The van der Waals surface area contributed by atoms with Gasteiger partial charge in [-0.1, -0.05) is 0 Å². The first kappa shape index (κ1) is 20.0. The second-order valence-electron chi connectivity index (χ2n) is 7.79. The van der Waals surface area contributed by atoms with Crippen molar-refractivity contribution < 1.29 is 18.9 Å². The Morgan fingerprint density at radius 3 is 2.55 bits per heavy atom. The third kappa shape index (κ3) is 4.19. The first-order valence-electron chi connectivity index (χ1n) is 9.93. The number of aryl methyl sites for hydroxylation is 2. The van der Waals surface area contributed by atoms with E-state index >= 15 is 0 Å². The lowest BCUT2D eigenvalue weighted by Crippen LogP contribution is -3.27. The van der Waals surface area contributed by atoms with Crippen molar-refractivity contribution in [3.63, 3.8) is 0 Å². The van der Waals surface area contributed by atoms with Crippen molar-refractivity contribution in [3.05, 3.63) is 56.2 Å². The Labute approximate surface area is 172 Å². The summed E-state index contributed by atoms with van der Waals surface area (Å²) in [7, 11) is 1.62. The molecule has 29 heavy (non-hydrogen) atoms. The second-order valence-corrected chi connectivity index (χ2v) is 8.99. The second kappa shape index (κ2) is 8.22. The molecule has 0 unspecified atom stereocenters. The van der Waals surface area contributed by atoms with E-state index in [2.05, 4.69) is 4.98 Å². The zero-order chi connectivity index (χ0) is 20.5. The minimum atomic E-state index is -0.228. The van der Waals surface area contributed by atoms with Gasteiger partial charge in [-0.25, -0.2) is 9.37 Å². The number of nitrogens with one attached hydrogen (secondary N) is 3. The van der Waals surface area contributed by atoms with Crippen LogP contribution in [0, 0.1) is 19.7 Å². The summed E-state index contributed by atoms with van der Waals surface area (Å²) >= 11 is 1.59. The van der Waals surface area contributed by atoms with Crippen molar-refractivity contribution in [1.82, 2.24) is 9.97 Å². The molecule has 0 aliphatic carbocycles. The van der Waals surface area contributed by atoms with Crippen LogP contribution >= 0.6 is 11.3 Å². The molecule has 3 N–H and O–H groups in total. The number of hydrogen-bond acceptors (Lipinski definition) is 4. The normalized spacial score (nSPS) is 19.6. The highest BCUT2D eigenvalue weighted by atomic mass is 32.1. The third-order valence-corrected chi connectivity index (χ3v) is 6.95. The van der Waals surface area contributed by atoms with Gasteiger partial charge in [0, 0.05) is 4.88 Å². The highest BCUT2D eigenvalue weighted by Gasteiger charge is 2.25. The summed E-state index contributed by atoms with van der Waals surface area (Å²) in [6.45, 7) is 9.42. The molecule has 1 saturated heterocycles. The molecule has 3 aromatic rings. The van der Waals surface area contributed by atoms with E-state index in [9.17, 15) is 9.18 Å². The molecule has 1 aromatic carbocycles. The van der Waals surface area contributed by atoms with Crippen LogP contribution in [0.4, 0.5) is 4.39 Å². The summed E-state index contributed by atoms with van der Waals surface area (Å²) in [5.41, 5.74) is 1.90. The van der Waals surface area contributed by atoms with Crippen LogP contribution in [-0.4, -0.2) is 43.3 Å². The van der Waals surface area contributed by atoms with Gasteiger partial charge in [-0.3, -0.25) is 4.79 Å². The average molecular weight is 419 g/mol. The maximum Gasteiger partial charge on any atom is 0.260 e. The topological polar surface area (TPSA) is 63.9 Å². The van der Waals surface area contributed by atoms with Crippen LogP contribution in [0.5, 0.6) is 5.75 Å². The molecule has 0 radical (unpaired) electrons. The van der Waals surface area contributed by atoms with Gasteiger partial charge in [0.25, 0.3) is 5.56 Å². The van der Waals surface area contributed by atoms with Gasteiger partial charge < -0.3 is 19.5 Å². The summed E-state index contributed by atoms with van der Waals surface area (Å²) in [6, 6.07) is 4.69. The first-order valence-corrected chi connectivity index (χ1v) is 10.7. The highest BCUT2D eigenvalue weighted by Crippen LogP contribution is 2.25. The summed E-state index contributed by atoms with van der Waals surface area (Å²) < 4.78 is 19.0. The summed E-state index contributed by atoms with van der Waals surface area (Å²) in [5, 5.41) is 0.726. The molecule has 0 saturated carbocycles.